The maximum Gasteiger partial charge on any atom is 0.170 e. The van der Waals surface area contributed by atoms with Crippen LogP contribution in [0, 0.1) is 0 Å². The number of ketones is 1. The van der Waals surface area contributed by atoms with Crippen LogP contribution in [0.5, 0.6) is 5.75 Å². The second-order valence-corrected chi connectivity index (χ2v) is 4.55. The highest BCUT2D eigenvalue weighted by molar-refractivity contribution is 7.07. The molecule has 0 saturated heterocycles. The Hall–Kier alpha value is -1.61. The zero-order chi connectivity index (χ0) is 11.9. The molecule has 1 heterocycles. The zero-order valence-electron chi connectivity index (χ0n) is 9.46. The summed E-state index contributed by atoms with van der Waals surface area (Å²) in [5.41, 5.74) is 1.23. The molecule has 0 spiro atoms. The first-order chi connectivity index (χ1) is 8.34. The first-order valence-electron chi connectivity index (χ1n) is 5.55. The van der Waals surface area contributed by atoms with E-state index in [1.54, 1.807) is 11.3 Å². The Bertz CT molecular complexity index is 448. The molecule has 17 heavy (non-hydrogen) atoms. The fourth-order valence-electron chi connectivity index (χ4n) is 1.47. The first-order valence-corrected chi connectivity index (χ1v) is 6.49. The lowest BCUT2D eigenvalue weighted by molar-refractivity contribution is -0.121. The normalized spacial score (nSPS) is 10.1. The van der Waals surface area contributed by atoms with Gasteiger partial charge >= 0.3 is 0 Å². The van der Waals surface area contributed by atoms with Gasteiger partial charge in [0.1, 0.15) is 12.4 Å². The Kier molecular flexibility index (Phi) is 4.33. The molecule has 0 aliphatic heterocycles. The Balaban J connectivity index is 1.71. The first kappa shape index (κ1) is 11.9. The maximum atomic E-state index is 11.6. The van der Waals surface area contributed by atoms with Crippen LogP contribution in [0.4, 0.5) is 0 Å². The van der Waals surface area contributed by atoms with Gasteiger partial charge in [-0.05, 0) is 40.9 Å². The molecule has 0 aliphatic carbocycles. The van der Waals surface area contributed by atoms with Gasteiger partial charge in [0.15, 0.2) is 5.78 Å². The van der Waals surface area contributed by atoms with Gasteiger partial charge in [-0.3, -0.25) is 4.79 Å². The van der Waals surface area contributed by atoms with Crippen molar-refractivity contribution in [2.24, 2.45) is 0 Å². The number of para-hydroxylation sites is 1. The number of carbonyl (C=O) groups excluding carboxylic acids is 1. The van der Waals surface area contributed by atoms with Crippen LogP contribution in [-0.4, -0.2) is 12.4 Å². The molecule has 0 aliphatic rings. The van der Waals surface area contributed by atoms with Crippen LogP contribution in [0.1, 0.15) is 12.0 Å². The van der Waals surface area contributed by atoms with Gasteiger partial charge in [-0.1, -0.05) is 18.2 Å². The van der Waals surface area contributed by atoms with Gasteiger partial charge in [0.2, 0.25) is 0 Å². The second kappa shape index (κ2) is 6.21. The van der Waals surface area contributed by atoms with Crippen LogP contribution in [0.25, 0.3) is 0 Å². The van der Waals surface area contributed by atoms with E-state index in [9.17, 15) is 4.79 Å². The molecule has 0 saturated carbocycles. The third-order valence-corrected chi connectivity index (χ3v) is 3.15. The second-order valence-electron chi connectivity index (χ2n) is 3.77. The Morgan fingerprint density at radius 3 is 2.71 bits per heavy atom. The van der Waals surface area contributed by atoms with E-state index < -0.39 is 0 Å². The minimum atomic E-state index is 0.139. The van der Waals surface area contributed by atoms with Gasteiger partial charge in [-0.15, -0.1) is 0 Å². The molecule has 1 aromatic heterocycles. The lowest BCUT2D eigenvalue weighted by Gasteiger charge is -2.04. The van der Waals surface area contributed by atoms with Gasteiger partial charge in [-0.2, -0.15) is 11.3 Å². The molecule has 0 atom stereocenters. The highest BCUT2D eigenvalue weighted by atomic mass is 32.1. The predicted octanol–water partition coefficient (Wildman–Crippen LogP) is 3.33. The third-order valence-electron chi connectivity index (χ3n) is 2.42. The molecular weight excluding hydrogens is 232 g/mol. The molecule has 2 nitrogen and oxygen atoms in total. The van der Waals surface area contributed by atoms with Crippen molar-refractivity contribution in [3.8, 4) is 5.75 Å². The smallest absolute Gasteiger partial charge is 0.170 e. The van der Waals surface area contributed by atoms with Crippen molar-refractivity contribution in [2.75, 3.05) is 6.61 Å². The Labute approximate surface area is 105 Å². The highest BCUT2D eigenvalue weighted by Crippen LogP contribution is 2.10. The van der Waals surface area contributed by atoms with E-state index in [1.807, 2.05) is 35.7 Å². The maximum absolute atomic E-state index is 11.6. The number of hydrogen-bond donors (Lipinski definition) is 0. The summed E-state index contributed by atoms with van der Waals surface area (Å²) in [6.07, 6.45) is 1.35. The van der Waals surface area contributed by atoms with E-state index in [0.29, 0.717) is 6.42 Å². The number of rotatable bonds is 6. The molecule has 2 rings (SSSR count). The summed E-state index contributed by atoms with van der Waals surface area (Å²) in [7, 11) is 0. The fourth-order valence-corrected chi connectivity index (χ4v) is 2.17. The van der Waals surface area contributed by atoms with Crippen molar-refractivity contribution in [3.63, 3.8) is 0 Å². The molecule has 2 aromatic rings. The molecule has 0 fully saturated rings. The van der Waals surface area contributed by atoms with Gasteiger partial charge in [0.05, 0.1) is 0 Å². The lowest BCUT2D eigenvalue weighted by atomic mass is 10.1. The minimum absolute atomic E-state index is 0.139. The van der Waals surface area contributed by atoms with Gasteiger partial charge in [-0.25, -0.2) is 0 Å². The topological polar surface area (TPSA) is 26.3 Å². The van der Waals surface area contributed by atoms with Crippen molar-refractivity contribution < 1.29 is 9.53 Å². The standard InChI is InChI=1S/C14H14O2S/c15-13(7-6-12-8-9-17-11-12)10-16-14-4-2-1-3-5-14/h1-5,8-9,11H,6-7,10H2. The lowest BCUT2D eigenvalue weighted by Crippen LogP contribution is -2.11. The number of hydrogen-bond acceptors (Lipinski definition) is 3. The molecule has 1 aromatic carbocycles. The Morgan fingerprint density at radius 2 is 2.00 bits per heavy atom. The number of carbonyl (C=O) groups is 1. The summed E-state index contributed by atoms with van der Waals surface area (Å²) in [6, 6.07) is 11.5. The summed E-state index contributed by atoms with van der Waals surface area (Å²) >= 11 is 1.66. The van der Waals surface area contributed by atoms with Crippen molar-refractivity contribution in [1.82, 2.24) is 0 Å². The molecule has 88 valence electrons. The predicted molar refractivity (Wildman–Crippen MR) is 69.6 cm³/mol. The molecule has 0 radical (unpaired) electrons. The monoisotopic (exact) mass is 246 g/mol. The quantitative estimate of drug-likeness (QED) is 0.781. The summed E-state index contributed by atoms with van der Waals surface area (Å²) < 4.78 is 5.39. The Morgan fingerprint density at radius 1 is 1.18 bits per heavy atom. The van der Waals surface area contributed by atoms with Crippen molar-refractivity contribution in [1.29, 1.82) is 0 Å². The van der Waals surface area contributed by atoms with Crippen molar-refractivity contribution in [3.05, 3.63) is 52.7 Å². The molecule has 0 amide bonds. The number of benzene rings is 1. The van der Waals surface area contributed by atoms with Crippen LogP contribution >= 0.6 is 11.3 Å². The number of thiophene rings is 1. The van der Waals surface area contributed by atoms with Crippen molar-refractivity contribution >= 4 is 17.1 Å². The summed E-state index contributed by atoms with van der Waals surface area (Å²) in [6.45, 7) is 0.161. The van der Waals surface area contributed by atoms with Crippen molar-refractivity contribution in [2.45, 2.75) is 12.8 Å². The van der Waals surface area contributed by atoms with Crippen LogP contribution in [0.15, 0.2) is 47.2 Å². The van der Waals surface area contributed by atoms with Crippen LogP contribution in [-0.2, 0) is 11.2 Å². The van der Waals surface area contributed by atoms with E-state index >= 15 is 0 Å². The zero-order valence-corrected chi connectivity index (χ0v) is 10.3. The molecule has 0 bridgehead atoms. The van der Waals surface area contributed by atoms with Gasteiger partial charge in [0, 0.05) is 6.42 Å². The fraction of sp³-hybridized carbons (Fsp3) is 0.214. The summed E-state index contributed by atoms with van der Waals surface area (Å²) in [4.78, 5) is 11.6. The van der Waals surface area contributed by atoms with Crippen LogP contribution in [0.2, 0.25) is 0 Å². The van der Waals surface area contributed by atoms with Crippen LogP contribution in [0.3, 0.4) is 0 Å². The van der Waals surface area contributed by atoms with E-state index in [1.165, 1.54) is 5.56 Å². The van der Waals surface area contributed by atoms with E-state index in [0.717, 1.165) is 12.2 Å². The SMILES string of the molecule is O=C(CCc1ccsc1)COc1ccccc1. The third kappa shape index (κ3) is 4.04. The number of ether oxygens (including phenoxy) is 1. The molecule has 3 heteroatoms. The number of Topliss-reactive ketones (excluding diaryl/α,β-unsaturated/α-hetero) is 1. The van der Waals surface area contributed by atoms with Crippen LogP contribution < -0.4 is 4.74 Å². The van der Waals surface area contributed by atoms with E-state index in [4.69, 9.17) is 4.74 Å². The molecule has 0 unspecified atom stereocenters. The minimum Gasteiger partial charge on any atom is -0.486 e. The van der Waals surface area contributed by atoms with E-state index in [2.05, 4.69) is 11.4 Å². The molecule has 0 N–H and O–H groups in total. The average Bonchev–Trinajstić information content (AvgIpc) is 2.88. The average molecular weight is 246 g/mol. The molecular formula is C14H14O2S. The van der Waals surface area contributed by atoms with Gasteiger partial charge < -0.3 is 4.74 Å². The number of aryl methyl sites for hydroxylation is 1. The summed E-state index contributed by atoms with van der Waals surface area (Å²) in [5.74, 6) is 0.886. The summed E-state index contributed by atoms with van der Waals surface area (Å²) in [5, 5.41) is 4.10. The largest absolute Gasteiger partial charge is 0.486 e. The van der Waals surface area contributed by atoms with E-state index in [-0.39, 0.29) is 12.4 Å². The van der Waals surface area contributed by atoms with Gasteiger partial charge in [0.25, 0.3) is 0 Å². The highest BCUT2D eigenvalue weighted by Gasteiger charge is 2.04.